The highest BCUT2D eigenvalue weighted by molar-refractivity contribution is 7.92. The van der Waals surface area contributed by atoms with E-state index >= 15 is 0 Å². The van der Waals surface area contributed by atoms with Gasteiger partial charge >= 0.3 is 0 Å². The quantitative estimate of drug-likeness (QED) is 0.602. The molecule has 0 bridgehead atoms. The van der Waals surface area contributed by atoms with Crippen molar-refractivity contribution in [3.63, 3.8) is 0 Å². The van der Waals surface area contributed by atoms with Gasteiger partial charge in [0, 0.05) is 5.56 Å². The maximum absolute atomic E-state index is 11.9. The van der Waals surface area contributed by atoms with Crippen molar-refractivity contribution in [1.82, 2.24) is 0 Å². The highest BCUT2D eigenvalue weighted by Crippen LogP contribution is 2.16. The zero-order valence-corrected chi connectivity index (χ0v) is 10.8. The molecule has 0 aliphatic rings. The van der Waals surface area contributed by atoms with E-state index in [0.29, 0.717) is 10.5 Å². The van der Waals surface area contributed by atoms with Gasteiger partial charge < -0.3 is 0 Å². The van der Waals surface area contributed by atoms with Gasteiger partial charge in [-0.1, -0.05) is 17.9 Å². The molecule has 4 heteroatoms. The molecule has 0 saturated carbocycles. The molecule has 0 heterocycles. The van der Waals surface area contributed by atoms with Gasteiger partial charge in [-0.2, -0.15) is 0 Å². The Hall–Kier alpha value is -0.980. The number of hydrogen-bond donors (Lipinski definition) is 0. The number of sulfone groups is 1. The molecule has 1 rings (SSSR count). The second kappa shape index (κ2) is 5.38. The molecule has 86 valence electrons. The molecule has 0 aliphatic heterocycles. The lowest BCUT2D eigenvalue weighted by Crippen LogP contribution is -2.13. The molecule has 1 aromatic carbocycles. The van der Waals surface area contributed by atoms with Gasteiger partial charge in [-0.25, -0.2) is 8.42 Å². The molecule has 0 amide bonds. The first kappa shape index (κ1) is 13.1. The summed E-state index contributed by atoms with van der Waals surface area (Å²) in [7, 11) is -3.23. The average Bonchev–Trinajstić information content (AvgIpc) is 2.26. The smallest absolute Gasteiger partial charge is 0.180 e. The summed E-state index contributed by atoms with van der Waals surface area (Å²) in [6.45, 7) is 3.32. The van der Waals surface area contributed by atoms with Crippen molar-refractivity contribution in [3.8, 4) is 11.8 Å². The van der Waals surface area contributed by atoms with Crippen LogP contribution in [0.4, 0.5) is 0 Å². The Bertz CT molecular complexity index is 521. The fourth-order valence-corrected chi connectivity index (χ4v) is 2.33. The van der Waals surface area contributed by atoms with E-state index in [1.165, 1.54) is 0 Å². The largest absolute Gasteiger partial charge is 0.223 e. The third-order valence-electron chi connectivity index (χ3n) is 2.08. The minimum atomic E-state index is -3.23. The van der Waals surface area contributed by atoms with Crippen LogP contribution in [0.25, 0.3) is 0 Å². The number of hydrogen-bond acceptors (Lipinski definition) is 2. The van der Waals surface area contributed by atoms with Crippen LogP contribution < -0.4 is 0 Å². The first-order chi connectivity index (χ1) is 7.48. The van der Waals surface area contributed by atoms with Crippen LogP contribution in [0.5, 0.6) is 0 Å². The Morgan fingerprint density at radius 1 is 1.38 bits per heavy atom. The van der Waals surface area contributed by atoms with E-state index in [4.69, 9.17) is 11.6 Å². The zero-order valence-electron chi connectivity index (χ0n) is 9.20. The SMILES string of the molecule is CC(C)S(=O)(=O)c1cccc(C#CCCl)c1. The summed E-state index contributed by atoms with van der Waals surface area (Å²) < 4.78 is 23.8. The summed E-state index contributed by atoms with van der Waals surface area (Å²) in [5.74, 6) is 5.73. The Morgan fingerprint density at radius 3 is 2.62 bits per heavy atom. The lowest BCUT2D eigenvalue weighted by molar-refractivity contribution is 0.587. The van der Waals surface area contributed by atoms with Crippen molar-refractivity contribution >= 4 is 21.4 Å². The van der Waals surface area contributed by atoms with Crippen LogP contribution in [0.15, 0.2) is 29.2 Å². The Kier molecular flexibility index (Phi) is 4.40. The number of benzene rings is 1. The normalized spacial score (nSPS) is 11.0. The predicted octanol–water partition coefficient (Wildman–Crippen LogP) is 2.46. The molecule has 0 saturated heterocycles. The highest BCUT2D eigenvalue weighted by atomic mass is 35.5. The van der Waals surface area contributed by atoms with Crippen LogP contribution in [0, 0.1) is 11.8 Å². The van der Waals surface area contributed by atoms with Crippen molar-refractivity contribution in [1.29, 1.82) is 0 Å². The predicted molar refractivity (Wildman–Crippen MR) is 66.4 cm³/mol. The van der Waals surface area contributed by atoms with Crippen molar-refractivity contribution in [2.24, 2.45) is 0 Å². The molecule has 0 N–H and O–H groups in total. The molecule has 1 aromatic rings. The molecule has 0 unspecified atom stereocenters. The summed E-state index contributed by atoms with van der Waals surface area (Å²) in [5, 5.41) is -0.427. The fourth-order valence-electron chi connectivity index (χ4n) is 1.16. The number of alkyl halides is 1. The average molecular weight is 257 g/mol. The van der Waals surface area contributed by atoms with Gasteiger partial charge in [0.25, 0.3) is 0 Å². The van der Waals surface area contributed by atoms with E-state index in [9.17, 15) is 8.42 Å². The van der Waals surface area contributed by atoms with Gasteiger partial charge in [0.1, 0.15) is 0 Å². The van der Waals surface area contributed by atoms with E-state index in [0.717, 1.165) is 0 Å². The van der Waals surface area contributed by atoms with Crippen LogP contribution in [0.3, 0.4) is 0 Å². The van der Waals surface area contributed by atoms with E-state index < -0.39 is 15.1 Å². The third-order valence-corrected chi connectivity index (χ3v) is 4.37. The molecular formula is C12H13ClO2S. The molecule has 16 heavy (non-hydrogen) atoms. The van der Waals surface area contributed by atoms with Crippen molar-refractivity contribution in [2.45, 2.75) is 24.0 Å². The summed E-state index contributed by atoms with van der Waals surface area (Å²) in [6.07, 6.45) is 0. The number of rotatable bonds is 2. The summed E-state index contributed by atoms with van der Waals surface area (Å²) in [4.78, 5) is 0.309. The molecule has 0 aliphatic carbocycles. The fraction of sp³-hybridized carbons (Fsp3) is 0.333. The van der Waals surface area contributed by atoms with E-state index in [1.807, 2.05) is 0 Å². The second-order valence-corrected chi connectivity index (χ2v) is 6.33. The van der Waals surface area contributed by atoms with Crippen molar-refractivity contribution in [3.05, 3.63) is 29.8 Å². The van der Waals surface area contributed by atoms with E-state index in [1.54, 1.807) is 38.1 Å². The lowest BCUT2D eigenvalue weighted by Gasteiger charge is -2.07. The molecule has 0 aromatic heterocycles. The molecule has 2 nitrogen and oxygen atoms in total. The van der Waals surface area contributed by atoms with Crippen LogP contribution >= 0.6 is 11.6 Å². The highest BCUT2D eigenvalue weighted by Gasteiger charge is 2.18. The number of halogens is 1. The van der Waals surface area contributed by atoms with E-state index in [2.05, 4.69) is 11.8 Å². The minimum absolute atomic E-state index is 0.237. The van der Waals surface area contributed by atoms with E-state index in [-0.39, 0.29) is 5.88 Å². The standard InChI is InChI=1S/C12H13ClO2S/c1-10(2)16(14,15)12-7-3-5-11(9-12)6-4-8-13/h3,5,7,9-10H,8H2,1-2H3. The summed E-state index contributed by atoms with van der Waals surface area (Å²) in [6, 6.07) is 6.61. The van der Waals surface area contributed by atoms with Gasteiger partial charge in [0.15, 0.2) is 9.84 Å². The summed E-state index contributed by atoms with van der Waals surface area (Å²) in [5.41, 5.74) is 0.669. The first-order valence-electron chi connectivity index (χ1n) is 4.87. The van der Waals surface area contributed by atoms with Gasteiger partial charge in [-0.05, 0) is 32.0 Å². The molecule has 0 spiro atoms. The van der Waals surface area contributed by atoms with Crippen molar-refractivity contribution in [2.75, 3.05) is 5.88 Å². The third kappa shape index (κ3) is 3.01. The van der Waals surface area contributed by atoms with Gasteiger partial charge in [0.2, 0.25) is 0 Å². The molecule has 0 atom stereocenters. The van der Waals surface area contributed by atoms with Crippen molar-refractivity contribution < 1.29 is 8.42 Å². The Balaban J connectivity index is 3.18. The second-order valence-electron chi connectivity index (χ2n) is 3.56. The van der Waals surface area contributed by atoms with Crippen LogP contribution in [0.1, 0.15) is 19.4 Å². The molecule has 0 fully saturated rings. The Morgan fingerprint density at radius 2 is 2.06 bits per heavy atom. The van der Waals surface area contributed by atoms with Crippen LogP contribution in [-0.2, 0) is 9.84 Å². The maximum Gasteiger partial charge on any atom is 0.180 e. The minimum Gasteiger partial charge on any atom is -0.223 e. The summed E-state index contributed by atoms with van der Waals surface area (Å²) >= 11 is 5.44. The van der Waals surface area contributed by atoms with Gasteiger partial charge in [-0.15, -0.1) is 11.6 Å². The topological polar surface area (TPSA) is 34.1 Å². The molecular weight excluding hydrogens is 244 g/mol. The van der Waals surface area contributed by atoms with Crippen LogP contribution in [0.2, 0.25) is 0 Å². The first-order valence-corrected chi connectivity index (χ1v) is 6.95. The monoisotopic (exact) mass is 256 g/mol. The molecule has 0 radical (unpaired) electrons. The van der Waals surface area contributed by atoms with Crippen LogP contribution in [-0.4, -0.2) is 19.5 Å². The lowest BCUT2D eigenvalue weighted by atomic mass is 10.2. The Labute approximate surface area is 102 Å². The zero-order chi connectivity index (χ0) is 12.2. The van der Waals surface area contributed by atoms with Gasteiger partial charge in [-0.3, -0.25) is 0 Å². The maximum atomic E-state index is 11.9. The van der Waals surface area contributed by atoms with Gasteiger partial charge in [0.05, 0.1) is 16.0 Å².